The van der Waals surface area contributed by atoms with E-state index in [-0.39, 0.29) is 5.38 Å². The third-order valence-electron chi connectivity index (χ3n) is 3.49. The zero-order chi connectivity index (χ0) is 14.8. The molecular weight excluding hydrogens is 304 g/mol. The Hall–Kier alpha value is -1.71. The fourth-order valence-electron chi connectivity index (χ4n) is 2.40. The summed E-state index contributed by atoms with van der Waals surface area (Å²) in [5.74, 6) is 1.54. The van der Waals surface area contributed by atoms with Crippen molar-refractivity contribution in [3.63, 3.8) is 0 Å². The summed E-state index contributed by atoms with van der Waals surface area (Å²) in [5, 5.41) is 3.03. The standard InChI is InChI=1S/C17H15ClO2S/c1-19-11-7-8-15(20-2)13(9-11)17(18)14-10-21-16-6-4-3-5-12(14)16/h3-10,17H,1-2H3. The normalized spacial score (nSPS) is 12.3. The molecule has 4 heteroatoms. The van der Waals surface area contributed by atoms with Gasteiger partial charge in [-0.05, 0) is 40.6 Å². The van der Waals surface area contributed by atoms with E-state index in [2.05, 4.69) is 17.5 Å². The van der Waals surface area contributed by atoms with Crippen molar-refractivity contribution >= 4 is 33.0 Å². The van der Waals surface area contributed by atoms with Gasteiger partial charge in [0.05, 0.1) is 19.6 Å². The molecule has 3 rings (SSSR count). The predicted octanol–water partition coefficient (Wildman–Crippen LogP) is 5.25. The van der Waals surface area contributed by atoms with E-state index in [4.69, 9.17) is 21.1 Å². The van der Waals surface area contributed by atoms with Gasteiger partial charge in [-0.1, -0.05) is 18.2 Å². The highest BCUT2D eigenvalue weighted by Crippen LogP contribution is 2.41. The van der Waals surface area contributed by atoms with Crippen molar-refractivity contribution in [3.05, 3.63) is 59.0 Å². The molecule has 1 atom stereocenters. The van der Waals surface area contributed by atoms with Gasteiger partial charge < -0.3 is 9.47 Å². The van der Waals surface area contributed by atoms with Crippen LogP contribution in [0.2, 0.25) is 0 Å². The molecule has 0 saturated carbocycles. The van der Waals surface area contributed by atoms with Gasteiger partial charge in [0, 0.05) is 10.3 Å². The molecule has 1 aromatic heterocycles. The number of alkyl halides is 1. The first-order chi connectivity index (χ1) is 10.2. The molecule has 3 aromatic rings. The van der Waals surface area contributed by atoms with Crippen molar-refractivity contribution in [2.45, 2.75) is 5.38 Å². The van der Waals surface area contributed by atoms with Gasteiger partial charge in [-0.2, -0.15) is 0 Å². The number of ether oxygens (including phenoxy) is 2. The van der Waals surface area contributed by atoms with Crippen molar-refractivity contribution in [1.82, 2.24) is 0 Å². The molecule has 0 saturated heterocycles. The number of fused-ring (bicyclic) bond motifs is 1. The van der Waals surface area contributed by atoms with E-state index in [1.165, 1.54) is 10.1 Å². The molecule has 21 heavy (non-hydrogen) atoms. The molecule has 0 aliphatic heterocycles. The van der Waals surface area contributed by atoms with Crippen molar-refractivity contribution < 1.29 is 9.47 Å². The highest BCUT2D eigenvalue weighted by molar-refractivity contribution is 7.17. The molecule has 0 spiro atoms. The van der Waals surface area contributed by atoms with Crippen LogP contribution in [0.15, 0.2) is 47.8 Å². The molecular formula is C17H15ClO2S. The molecule has 1 unspecified atom stereocenters. The Morgan fingerprint density at radius 3 is 2.57 bits per heavy atom. The van der Waals surface area contributed by atoms with Crippen molar-refractivity contribution in [2.75, 3.05) is 14.2 Å². The van der Waals surface area contributed by atoms with Gasteiger partial charge in [-0.25, -0.2) is 0 Å². The van der Waals surface area contributed by atoms with Crippen LogP contribution in [0.5, 0.6) is 11.5 Å². The van der Waals surface area contributed by atoms with E-state index in [9.17, 15) is 0 Å². The highest BCUT2D eigenvalue weighted by atomic mass is 35.5. The van der Waals surface area contributed by atoms with E-state index >= 15 is 0 Å². The second-order valence-corrected chi connectivity index (χ2v) is 6.01. The average Bonchev–Trinajstić information content (AvgIpc) is 2.97. The summed E-state index contributed by atoms with van der Waals surface area (Å²) in [6.07, 6.45) is 0. The fraction of sp³-hybridized carbons (Fsp3) is 0.176. The zero-order valence-corrected chi connectivity index (χ0v) is 13.4. The minimum atomic E-state index is -0.272. The Kier molecular flexibility index (Phi) is 4.04. The summed E-state index contributed by atoms with van der Waals surface area (Å²) in [6.45, 7) is 0. The quantitative estimate of drug-likeness (QED) is 0.612. The number of halogens is 1. The molecule has 0 radical (unpaired) electrons. The van der Waals surface area contributed by atoms with Gasteiger partial charge >= 0.3 is 0 Å². The summed E-state index contributed by atoms with van der Waals surface area (Å²) in [4.78, 5) is 0. The van der Waals surface area contributed by atoms with E-state index in [1.807, 2.05) is 30.3 Å². The summed E-state index contributed by atoms with van der Waals surface area (Å²) in [5.41, 5.74) is 2.02. The third kappa shape index (κ3) is 2.59. The van der Waals surface area contributed by atoms with E-state index in [0.29, 0.717) is 0 Å². The molecule has 0 fully saturated rings. The average molecular weight is 319 g/mol. The zero-order valence-electron chi connectivity index (χ0n) is 11.8. The smallest absolute Gasteiger partial charge is 0.124 e. The molecule has 1 heterocycles. The van der Waals surface area contributed by atoms with E-state index in [0.717, 1.165) is 22.6 Å². The van der Waals surface area contributed by atoms with Crippen LogP contribution in [0, 0.1) is 0 Å². The van der Waals surface area contributed by atoms with Gasteiger partial charge in [0.2, 0.25) is 0 Å². The Labute approximate surface area is 132 Å². The maximum Gasteiger partial charge on any atom is 0.124 e. The maximum absolute atomic E-state index is 6.74. The van der Waals surface area contributed by atoms with Gasteiger partial charge in [0.1, 0.15) is 11.5 Å². The first-order valence-corrected chi connectivity index (χ1v) is 7.88. The number of hydrogen-bond donors (Lipinski definition) is 0. The van der Waals surface area contributed by atoms with E-state index in [1.54, 1.807) is 25.6 Å². The Bertz CT molecular complexity index is 766. The minimum absolute atomic E-state index is 0.272. The van der Waals surface area contributed by atoms with Gasteiger partial charge in [0.25, 0.3) is 0 Å². The van der Waals surface area contributed by atoms with Crippen LogP contribution >= 0.6 is 22.9 Å². The Morgan fingerprint density at radius 1 is 1.00 bits per heavy atom. The maximum atomic E-state index is 6.74. The molecule has 0 bridgehead atoms. The van der Waals surface area contributed by atoms with Crippen LogP contribution < -0.4 is 9.47 Å². The molecule has 0 aliphatic rings. The van der Waals surface area contributed by atoms with Crippen molar-refractivity contribution in [2.24, 2.45) is 0 Å². The molecule has 0 amide bonds. The monoisotopic (exact) mass is 318 g/mol. The summed E-state index contributed by atoms with van der Waals surface area (Å²) in [6, 6.07) is 14.0. The Morgan fingerprint density at radius 2 is 1.81 bits per heavy atom. The van der Waals surface area contributed by atoms with Crippen LogP contribution in [-0.4, -0.2) is 14.2 Å². The molecule has 108 valence electrons. The van der Waals surface area contributed by atoms with Gasteiger partial charge in [0.15, 0.2) is 0 Å². The highest BCUT2D eigenvalue weighted by Gasteiger charge is 2.19. The number of benzene rings is 2. The molecule has 2 nitrogen and oxygen atoms in total. The van der Waals surface area contributed by atoms with E-state index < -0.39 is 0 Å². The predicted molar refractivity (Wildman–Crippen MR) is 89.1 cm³/mol. The van der Waals surface area contributed by atoms with Crippen LogP contribution in [0.1, 0.15) is 16.5 Å². The lowest BCUT2D eigenvalue weighted by Gasteiger charge is -2.15. The topological polar surface area (TPSA) is 18.5 Å². The third-order valence-corrected chi connectivity index (χ3v) is 4.95. The molecule has 2 aromatic carbocycles. The minimum Gasteiger partial charge on any atom is -0.497 e. The summed E-state index contributed by atoms with van der Waals surface area (Å²) in [7, 11) is 3.30. The number of methoxy groups -OCH3 is 2. The van der Waals surface area contributed by atoms with Crippen LogP contribution in [0.4, 0.5) is 0 Å². The fourth-order valence-corrected chi connectivity index (χ4v) is 3.81. The second kappa shape index (κ2) is 5.96. The lowest BCUT2D eigenvalue weighted by Crippen LogP contribution is -1.98. The van der Waals surface area contributed by atoms with Crippen molar-refractivity contribution in [3.8, 4) is 11.5 Å². The SMILES string of the molecule is COc1ccc(OC)c(C(Cl)c2csc3ccccc23)c1. The van der Waals surface area contributed by atoms with Crippen LogP contribution in [0.3, 0.4) is 0 Å². The lowest BCUT2D eigenvalue weighted by molar-refractivity contribution is 0.399. The molecule has 0 N–H and O–H groups in total. The van der Waals surface area contributed by atoms with Crippen LogP contribution in [-0.2, 0) is 0 Å². The largest absolute Gasteiger partial charge is 0.497 e. The molecule has 0 aliphatic carbocycles. The second-order valence-electron chi connectivity index (χ2n) is 4.66. The first kappa shape index (κ1) is 14.2. The van der Waals surface area contributed by atoms with Crippen molar-refractivity contribution in [1.29, 1.82) is 0 Å². The van der Waals surface area contributed by atoms with Gasteiger partial charge in [-0.15, -0.1) is 22.9 Å². The Balaban J connectivity index is 2.11. The van der Waals surface area contributed by atoms with Crippen LogP contribution in [0.25, 0.3) is 10.1 Å². The number of rotatable bonds is 4. The summed E-state index contributed by atoms with van der Waals surface area (Å²) >= 11 is 8.44. The lowest BCUT2D eigenvalue weighted by atomic mass is 10.0. The van der Waals surface area contributed by atoms with Gasteiger partial charge in [-0.3, -0.25) is 0 Å². The number of thiophene rings is 1. The first-order valence-electron chi connectivity index (χ1n) is 6.56. The summed E-state index contributed by atoms with van der Waals surface area (Å²) < 4.78 is 12.0. The number of hydrogen-bond acceptors (Lipinski definition) is 3.